The lowest BCUT2D eigenvalue weighted by molar-refractivity contribution is -0.0182. The fourth-order valence-electron chi connectivity index (χ4n) is 2.44. The second kappa shape index (κ2) is 6.43. The summed E-state index contributed by atoms with van der Waals surface area (Å²) >= 11 is 0. The van der Waals surface area contributed by atoms with E-state index in [-0.39, 0.29) is 6.10 Å². The van der Waals surface area contributed by atoms with Crippen LogP contribution < -0.4 is 5.32 Å². The first-order chi connectivity index (χ1) is 10.2. The molecule has 1 unspecified atom stereocenters. The summed E-state index contributed by atoms with van der Waals surface area (Å²) in [6.45, 7) is 6.16. The van der Waals surface area contributed by atoms with E-state index in [1.54, 1.807) is 6.26 Å². The molecule has 6 heteroatoms. The fraction of sp³-hybridized carbons (Fsp3) is 0.533. The average Bonchev–Trinajstić information content (AvgIpc) is 3.09. The lowest BCUT2D eigenvalue weighted by Crippen LogP contribution is -2.44. The Morgan fingerprint density at radius 1 is 1.48 bits per heavy atom. The molecule has 0 saturated carbocycles. The molecule has 0 aromatic carbocycles. The Balaban J connectivity index is 1.53. The minimum absolute atomic E-state index is 0.237. The summed E-state index contributed by atoms with van der Waals surface area (Å²) in [5.74, 6) is 2.00. The number of nitrogens with zero attached hydrogens (tertiary/aromatic N) is 2. The van der Waals surface area contributed by atoms with E-state index in [2.05, 4.69) is 22.2 Å². The first kappa shape index (κ1) is 14.3. The molecular formula is C15H21N3O3. The molecule has 3 rings (SSSR count). The summed E-state index contributed by atoms with van der Waals surface area (Å²) in [5, 5.41) is 3.39. The molecule has 1 aliphatic rings. The molecule has 114 valence electrons. The Morgan fingerprint density at radius 3 is 3.14 bits per heavy atom. The van der Waals surface area contributed by atoms with E-state index >= 15 is 0 Å². The van der Waals surface area contributed by atoms with Gasteiger partial charge in [-0.25, -0.2) is 4.98 Å². The summed E-state index contributed by atoms with van der Waals surface area (Å²) in [4.78, 5) is 6.76. The SMILES string of the molecule is Cc1oc(-c2ccco2)nc1CNCC1CN(C)CCO1. The minimum Gasteiger partial charge on any atom is -0.459 e. The number of hydrogen-bond acceptors (Lipinski definition) is 6. The summed E-state index contributed by atoms with van der Waals surface area (Å²) in [6.07, 6.45) is 1.85. The van der Waals surface area contributed by atoms with Crippen molar-refractivity contribution in [1.29, 1.82) is 0 Å². The number of rotatable bonds is 5. The maximum atomic E-state index is 5.72. The monoisotopic (exact) mass is 291 g/mol. The van der Waals surface area contributed by atoms with Gasteiger partial charge in [-0.05, 0) is 26.1 Å². The zero-order valence-electron chi connectivity index (χ0n) is 12.5. The van der Waals surface area contributed by atoms with Crippen molar-refractivity contribution in [1.82, 2.24) is 15.2 Å². The van der Waals surface area contributed by atoms with E-state index in [1.807, 2.05) is 19.1 Å². The molecule has 1 fully saturated rings. The lowest BCUT2D eigenvalue weighted by atomic mass is 10.2. The number of aromatic nitrogens is 1. The van der Waals surface area contributed by atoms with Gasteiger partial charge in [-0.1, -0.05) is 0 Å². The van der Waals surface area contributed by atoms with Gasteiger partial charge in [0.15, 0.2) is 5.76 Å². The van der Waals surface area contributed by atoms with Crippen LogP contribution in [-0.2, 0) is 11.3 Å². The van der Waals surface area contributed by atoms with Crippen LogP contribution in [0.15, 0.2) is 27.2 Å². The van der Waals surface area contributed by atoms with Gasteiger partial charge < -0.3 is 23.8 Å². The summed E-state index contributed by atoms with van der Waals surface area (Å²) < 4.78 is 16.6. The Kier molecular flexibility index (Phi) is 4.38. The number of nitrogens with one attached hydrogen (secondary N) is 1. The molecule has 2 aromatic rings. The Bertz CT molecular complexity index is 565. The van der Waals surface area contributed by atoms with Gasteiger partial charge in [0.25, 0.3) is 5.89 Å². The number of morpholine rings is 1. The summed E-state index contributed by atoms with van der Waals surface area (Å²) in [7, 11) is 2.12. The first-order valence-corrected chi connectivity index (χ1v) is 7.23. The molecule has 1 atom stereocenters. The van der Waals surface area contributed by atoms with Crippen LogP contribution in [0.5, 0.6) is 0 Å². The Morgan fingerprint density at radius 2 is 2.38 bits per heavy atom. The van der Waals surface area contributed by atoms with E-state index in [9.17, 15) is 0 Å². The Labute approximate surface area is 124 Å². The molecule has 0 radical (unpaired) electrons. The maximum Gasteiger partial charge on any atom is 0.263 e. The number of likely N-dealkylation sites (N-methyl/N-ethyl adjacent to an activating group) is 1. The highest BCUT2D eigenvalue weighted by molar-refractivity contribution is 5.44. The topological polar surface area (TPSA) is 63.7 Å². The standard InChI is InChI=1S/C15H21N3O3/c1-11-13(17-15(21-11)14-4-3-6-20-14)9-16-8-12-10-18(2)5-7-19-12/h3-4,6,12,16H,5,7-10H2,1-2H3. The molecule has 21 heavy (non-hydrogen) atoms. The van der Waals surface area contributed by atoms with Crippen LogP contribution >= 0.6 is 0 Å². The van der Waals surface area contributed by atoms with E-state index in [0.717, 1.165) is 37.7 Å². The zero-order valence-corrected chi connectivity index (χ0v) is 12.5. The van der Waals surface area contributed by atoms with Crippen molar-refractivity contribution >= 4 is 0 Å². The highest BCUT2D eigenvalue weighted by atomic mass is 16.5. The van der Waals surface area contributed by atoms with Crippen LogP contribution in [-0.4, -0.2) is 49.3 Å². The van der Waals surface area contributed by atoms with Crippen LogP contribution in [0, 0.1) is 6.92 Å². The van der Waals surface area contributed by atoms with Gasteiger partial charge in [-0.15, -0.1) is 0 Å². The molecule has 1 aliphatic heterocycles. The molecule has 0 amide bonds. The van der Waals surface area contributed by atoms with Gasteiger partial charge in [-0.3, -0.25) is 0 Å². The second-order valence-corrected chi connectivity index (χ2v) is 5.39. The Hall–Kier alpha value is -1.63. The van der Waals surface area contributed by atoms with Crippen molar-refractivity contribution in [3.63, 3.8) is 0 Å². The highest BCUT2D eigenvalue weighted by Crippen LogP contribution is 2.21. The van der Waals surface area contributed by atoms with Crippen LogP contribution in [0.4, 0.5) is 0 Å². The number of aryl methyl sites for hydroxylation is 1. The molecule has 1 saturated heterocycles. The molecule has 1 N–H and O–H groups in total. The van der Waals surface area contributed by atoms with Crippen molar-refractivity contribution in [3.8, 4) is 11.7 Å². The third kappa shape index (κ3) is 3.53. The van der Waals surface area contributed by atoms with Crippen LogP contribution in [0.3, 0.4) is 0 Å². The van der Waals surface area contributed by atoms with Gasteiger partial charge in [0.05, 0.1) is 24.7 Å². The highest BCUT2D eigenvalue weighted by Gasteiger charge is 2.18. The van der Waals surface area contributed by atoms with E-state index < -0.39 is 0 Å². The smallest absolute Gasteiger partial charge is 0.263 e. The largest absolute Gasteiger partial charge is 0.459 e. The second-order valence-electron chi connectivity index (χ2n) is 5.39. The molecule has 2 aromatic heterocycles. The average molecular weight is 291 g/mol. The first-order valence-electron chi connectivity index (χ1n) is 7.23. The van der Waals surface area contributed by atoms with Crippen molar-refractivity contribution in [2.45, 2.75) is 19.6 Å². The van der Waals surface area contributed by atoms with Gasteiger partial charge in [0.1, 0.15) is 5.76 Å². The van der Waals surface area contributed by atoms with Gasteiger partial charge in [-0.2, -0.15) is 0 Å². The van der Waals surface area contributed by atoms with Gasteiger partial charge >= 0.3 is 0 Å². The number of ether oxygens (including phenoxy) is 1. The number of oxazole rings is 1. The van der Waals surface area contributed by atoms with Crippen LogP contribution in [0.1, 0.15) is 11.5 Å². The molecule has 0 aliphatic carbocycles. The van der Waals surface area contributed by atoms with Crippen molar-refractivity contribution in [2.24, 2.45) is 0 Å². The third-order valence-corrected chi connectivity index (χ3v) is 3.63. The van der Waals surface area contributed by atoms with Crippen molar-refractivity contribution in [2.75, 3.05) is 33.3 Å². The minimum atomic E-state index is 0.237. The number of hydrogen-bond donors (Lipinski definition) is 1. The van der Waals surface area contributed by atoms with Crippen molar-refractivity contribution < 1.29 is 13.6 Å². The van der Waals surface area contributed by atoms with E-state index in [4.69, 9.17) is 13.6 Å². The van der Waals surface area contributed by atoms with Crippen LogP contribution in [0.2, 0.25) is 0 Å². The van der Waals surface area contributed by atoms with E-state index in [1.165, 1.54) is 0 Å². The summed E-state index contributed by atoms with van der Waals surface area (Å²) in [5.41, 5.74) is 0.908. The molecule has 0 spiro atoms. The summed E-state index contributed by atoms with van der Waals surface area (Å²) in [6, 6.07) is 3.66. The number of furan rings is 1. The predicted molar refractivity (Wildman–Crippen MR) is 77.9 cm³/mol. The molecular weight excluding hydrogens is 270 g/mol. The van der Waals surface area contributed by atoms with Gasteiger partial charge in [0.2, 0.25) is 0 Å². The van der Waals surface area contributed by atoms with E-state index in [0.29, 0.717) is 18.2 Å². The van der Waals surface area contributed by atoms with Crippen LogP contribution in [0.25, 0.3) is 11.7 Å². The molecule has 3 heterocycles. The van der Waals surface area contributed by atoms with Crippen molar-refractivity contribution in [3.05, 3.63) is 29.9 Å². The predicted octanol–water partition coefficient (Wildman–Crippen LogP) is 1.66. The molecule has 6 nitrogen and oxygen atoms in total. The quantitative estimate of drug-likeness (QED) is 0.904. The van der Waals surface area contributed by atoms with Gasteiger partial charge in [0, 0.05) is 26.2 Å². The molecule has 0 bridgehead atoms. The lowest BCUT2D eigenvalue weighted by Gasteiger charge is -2.30. The zero-order chi connectivity index (χ0) is 14.7. The maximum absolute atomic E-state index is 5.72. The fourth-order valence-corrected chi connectivity index (χ4v) is 2.44. The normalized spacial score (nSPS) is 20.0. The third-order valence-electron chi connectivity index (χ3n) is 3.63.